The number of carboxylic acid groups (broad SMARTS) is 1. The number of anilines is 2. The maximum Gasteiger partial charge on any atom is 0.308 e. The summed E-state index contributed by atoms with van der Waals surface area (Å²) in [5.41, 5.74) is 0. The average molecular weight is 276 g/mol. The second-order valence-corrected chi connectivity index (χ2v) is 5.53. The molecule has 3 rings (SSSR count). The Balaban J connectivity index is 1.75. The Morgan fingerprint density at radius 1 is 1.20 bits per heavy atom. The number of carboxylic acids is 1. The van der Waals surface area contributed by atoms with Gasteiger partial charge in [-0.2, -0.15) is 4.98 Å². The first-order chi connectivity index (χ1) is 9.74. The highest BCUT2D eigenvalue weighted by Crippen LogP contribution is 2.23. The van der Waals surface area contributed by atoms with Gasteiger partial charge < -0.3 is 14.9 Å². The van der Waals surface area contributed by atoms with Gasteiger partial charge in [0.05, 0.1) is 5.92 Å². The molecular weight excluding hydrogens is 256 g/mol. The molecule has 0 aromatic carbocycles. The van der Waals surface area contributed by atoms with Crippen LogP contribution in [0, 0.1) is 5.92 Å². The Kier molecular flexibility index (Phi) is 3.71. The van der Waals surface area contributed by atoms with Crippen LogP contribution in [0.15, 0.2) is 12.3 Å². The summed E-state index contributed by atoms with van der Waals surface area (Å²) >= 11 is 0. The lowest BCUT2D eigenvalue weighted by Gasteiger charge is -2.31. The zero-order valence-corrected chi connectivity index (χ0v) is 11.5. The molecule has 2 aliphatic heterocycles. The van der Waals surface area contributed by atoms with E-state index < -0.39 is 5.97 Å². The first-order valence-electron chi connectivity index (χ1n) is 7.30. The molecule has 2 aliphatic rings. The van der Waals surface area contributed by atoms with Crippen LogP contribution in [0.1, 0.15) is 25.7 Å². The van der Waals surface area contributed by atoms with Crippen molar-refractivity contribution in [2.45, 2.75) is 25.7 Å². The van der Waals surface area contributed by atoms with Crippen molar-refractivity contribution in [1.29, 1.82) is 0 Å². The monoisotopic (exact) mass is 276 g/mol. The van der Waals surface area contributed by atoms with E-state index in [1.54, 1.807) is 6.20 Å². The van der Waals surface area contributed by atoms with Gasteiger partial charge in [-0.1, -0.05) is 0 Å². The molecular formula is C14H20N4O2. The van der Waals surface area contributed by atoms with Crippen LogP contribution in [0.4, 0.5) is 11.8 Å². The molecule has 3 heterocycles. The number of rotatable bonds is 3. The maximum absolute atomic E-state index is 11.1. The fourth-order valence-electron chi connectivity index (χ4n) is 2.97. The van der Waals surface area contributed by atoms with Crippen LogP contribution in [-0.4, -0.2) is 47.2 Å². The number of aliphatic carboxylic acids is 1. The van der Waals surface area contributed by atoms with Gasteiger partial charge in [-0.05, 0) is 31.7 Å². The summed E-state index contributed by atoms with van der Waals surface area (Å²) in [6.45, 7) is 3.45. The molecule has 0 saturated carbocycles. The van der Waals surface area contributed by atoms with Gasteiger partial charge in [0.25, 0.3) is 0 Å². The van der Waals surface area contributed by atoms with Gasteiger partial charge in [0, 0.05) is 32.4 Å². The van der Waals surface area contributed by atoms with Gasteiger partial charge in [0.15, 0.2) is 0 Å². The lowest BCUT2D eigenvalue weighted by molar-refractivity contribution is -0.141. The van der Waals surface area contributed by atoms with Crippen LogP contribution >= 0.6 is 0 Å². The summed E-state index contributed by atoms with van der Waals surface area (Å²) in [6, 6.07) is 1.94. The summed E-state index contributed by atoms with van der Waals surface area (Å²) < 4.78 is 0. The third-order valence-electron chi connectivity index (χ3n) is 4.11. The second-order valence-electron chi connectivity index (χ2n) is 5.53. The molecule has 0 radical (unpaired) electrons. The minimum Gasteiger partial charge on any atom is -0.481 e. The number of aromatic nitrogens is 2. The van der Waals surface area contributed by atoms with E-state index in [1.807, 2.05) is 11.0 Å². The van der Waals surface area contributed by atoms with Crippen LogP contribution < -0.4 is 9.80 Å². The summed E-state index contributed by atoms with van der Waals surface area (Å²) in [5, 5.41) is 9.15. The molecule has 108 valence electrons. The molecule has 2 saturated heterocycles. The Bertz CT molecular complexity index is 488. The van der Waals surface area contributed by atoms with Gasteiger partial charge in [-0.25, -0.2) is 4.98 Å². The number of piperidine rings is 1. The summed E-state index contributed by atoms with van der Waals surface area (Å²) in [6.07, 6.45) is 5.83. The zero-order chi connectivity index (χ0) is 13.9. The van der Waals surface area contributed by atoms with E-state index >= 15 is 0 Å². The van der Waals surface area contributed by atoms with Crippen molar-refractivity contribution in [2.24, 2.45) is 5.92 Å². The normalized spacial score (nSPS) is 23.1. The predicted octanol–water partition coefficient (Wildman–Crippen LogP) is 1.38. The topological polar surface area (TPSA) is 69.6 Å². The first kappa shape index (κ1) is 13.1. The summed E-state index contributed by atoms with van der Waals surface area (Å²) in [4.78, 5) is 24.3. The molecule has 0 spiro atoms. The fraction of sp³-hybridized carbons (Fsp3) is 0.643. The Hall–Kier alpha value is -1.85. The molecule has 1 atom stereocenters. The van der Waals surface area contributed by atoms with Crippen LogP contribution in [0.2, 0.25) is 0 Å². The maximum atomic E-state index is 11.1. The molecule has 20 heavy (non-hydrogen) atoms. The van der Waals surface area contributed by atoms with Gasteiger partial charge in [-0.3, -0.25) is 4.79 Å². The molecule has 0 amide bonds. The van der Waals surface area contributed by atoms with Crippen LogP contribution in [0.5, 0.6) is 0 Å². The summed E-state index contributed by atoms with van der Waals surface area (Å²) in [5.74, 6) is 0.610. The third kappa shape index (κ3) is 2.69. The quantitative estimate of drug-likeness (QED) is 0.899. The molecule has 1 aromatic rings. The number of carbonyl (C=O) groups is 1. The van der Waals surface area contributed by atoms with E-state index in [9.17, 15) is 4.79 Å². The second kappa shape index (κ2) is 5.64. The van der Waals surface area contributed by atoms with Crippen molar-refractivity contribution in [3.63, 3.8) is 0 Å². The predicted molar refractivity (Wildman–Crippen MR) is 76.1 cm³/mol. The first-order valence-corrected chi connectivity index (χ1v) is 7.30. The molecule has 6 heteroatoms. The van der Waals surface area contributed by atoms with Gasteiger partial charge in [0.1, 0.15) is 5.82 Å². The minimum atomic E-state index is -0.717. The third-order valence-corrected chi connectivity index (χ3v) is 4.11. The minimum absolute atomic E-state index is 0.303. The van der Waals surface area contributed by atoms with Crippen LogP contribution in [0.25, 0.3) is 0 Å². The fourth-order valence-corrected chi connectivity index (χ4v) is 2.97. The molecule has 6 nitrogen and oxygen atoms in total. The molecule has 1 N–H and O–H groups in total. The summed E-state index contributed by atoms with van der Waals surface area (Å²) in [7, 11) is 0. The number of hydrogen-bond acceptors (Lipinski definition) is 5. The average Bonchev–Trinajstić information content (AvgIpc) is 3.02. The lowest BCUT2D eigenvalue weighted by Crippen LogP contribution is -2.39. The van der Waals surface area contributed by atoms with Crippen molar-refractivity contribution in [3.8, 4) is 0 Å². The highest BCUT2D eigenvalue weighted by Gasteiger charge is 2.27. The highest BCUT2D eigenvalue weighted by molar-refractivity contribution is 5.71. The molecule has 1 unspecified atom stereocenters. The lowest BCUT2D eigenvalue weighted by atomic mass is 9.99. The largest absolute Gasteiger partial charge is 0.481 e. The van der Waals surface area contributed by atoms with E-state index in [0.717, 1.165) is 38.3 Å². The molecule has 0 bridgehead atoms. The Morgan fingerprint density at radius 3 is 2.70 bits per heavy atom. The smallest absolute Gasteiger partial charge is 0.308 e. The van der Waals surface area contributed by atoms with Crippen molar-refractivity contribution in [1.82, 2.24) is 9.97 Å². The van der Waals surface area contributed by atoms with E-state index in [0.29, 0.717) is 12.5 Å². The van der Waals surface area contributed by atoms with Gasteiger partial charge in [0.2, 0.25) is 5.95 Å². The van der Waals surface area contributed by atoms with E-state index in [2.05, 4.69) is 14.9 Å². The molecule has 1 aromatic heterocycles. The van der Waals surface area contributed by atoms with E-state index in [4.69, 9.17) is 5.11 Å². The number of hydrogen-bond donors (Lipinski definition) is 1. The zero-order valence-electron chi connectivity index (χ0n) is 11.5. The molecule has 0 aliphatic carbocycles. The van der Waals surface area contributed by atoms with Crippen molar-refractivity contribution < 1.29 is 9.90 Å². The van der Waals surface area contributed by atoms with E-state index in [1.165, 1.54) is 12.8 Å². The molecule has 2 fully saturated rings. The standard InChI is InChI=1S/C14H20N4O2/c19-13(20)11-4-3-9-18(10-11)14-15-6-5-12(16-14)17-7-1-2-8-17/h5-6,11H,1-4,7-10H2,(H,19,20). The number of nitrogens with zero attached hydrogens (tertiary/aromatic N) is 4. The van der Waals surface area contributed by atoms with Crippen molar-refractivity contribution in [2.75, 3.05) is 36.0 Å². The van der Waals surface area contributed by atoms with Crippen molar-refractivity contribution >= 4 is 17.7 Å². The SMILES string of the molecule is O=C(O)C1CCCN(c2nccc(N3CCCC3)n2)C1. The van der Waals surface area contributed by atoms with Gasteiger partial charge in [-0.15, -0.1) is 0 Å². The Labute approximate surface area is 118 Å². The van der Waals surface area contributed by atoms with Crippen LogP contribution in [-0.2, 0) is 4.79 Å². The highest BCUT2D eigenvalue weighted by atomic mass is 16.4. The van der Waals surface area contributed by atoms with E-state index in [-0.39, 0.29) is 5.92 Å². The Morgan fingerprint density at radius 2 is 1.95 bits per heavy atom. The van der Waals surface area contributed by atoms with Crippen LogP contribution in [0.3, 0.4) is 0 Å². The van der Waals surface area contributed by atoms with Gasteiger partial charge >= 0.3 is 5.97 Å². The van der Waals surface area contributed by atoms with Crippen molar-refractivity contribution in [3.05, 3.63) is 12.3 Å².